The van der Waals surface area contributed by atoms with Gasteiger partial charge < -0.3 is 14.4 Å². The van der Waals surface area contributed by atoms with Crippen molar-refractivity contribution in [1.29, 1.82) is 0 Å². The zero-order valence-corrected chi connectivity index (χ0v) is 12.4. The van der Waals surface area contributed by atoms with Gasteiger partial charge in [0.25, 0.3) is 0 Å². The van der Waals surface area contributed by atoms with E-state index in [-0.39, 0.29) is 17.8 Å². The predicted octanol–water partition coefficient (Wildman–Crippen LogP) is 1.22. The lowest BCUT2D eigenvalue weighted by atomic mass is 9.80. The van der Waals surface area contributed by atoms with Gasteiger partial charge in [-0.3, -0.25) is 4.98 Å². The van der Waals surface area contributed by atoms with Crippen molar-refractivity contribution in [3.8, 4) is 0 Å². The van der Waals surface area contributed by atoms with Crippen molar-refractivity contribution in [1.82, 2.24) is 4.98 Å². The average molecular weight is 263 g/mol. The third-order valence-electron chi connectivity index (χ3n) is 4.00. The van der Waals surface area contributed by atoms with E-state index in [1.807, 2.05) is 40.7 Å². The van der Waals surface area contributed by atoms with E-state index in [0.29, 0.717) is 6.42 Å². The summed E-state index contributed by atoms with van der Waals surface area (Å²) in [5, 5.41) is 9.17. The number of nitrogens with zero attached hydrogens (tertiary/aromatic N) is 1. The largest absolute Gasteiger partial charge is 0.514 e. The zero-order valence-electron chi connectivity index (χ0n) is 12.4. The molecule has 1 aromatic rings. The van der Waals surface area contributed by atoms with E-state index >= 15 is 0 Å². The number of aliphatic hydroxyl groups is 1. The second-order valence-corrected chi connectivity index (χ2v) is 6.12. The monoisotopic (exact) mass is 263 g/mol. The summed E-state index contributed by atoms with van der Waals surface area (Å²) in [6.45, 7) is 10.2. The fourth-order valence-corrected chi connectivity index (χ4v) is 2.13. The quantitative estimate of drug-likeness (QED) is 0.833. The molecule has 0 aliphatic carbocycles. The SMILES string of the molecule is Cc1cnc(B2OC(C)(C)C(C)(C)O2)c(CCO)c1. The standard InChI is InChI=1S/C14H22BNO3/c1-10-8-11(6-7-17)12(16-9-10)15-18-13(2,3)14(4,5)19-15/h8-9,17H,6-7H2,1-5H3. The van der Waals surface area contributed by atoms with Crippen molar-refractivity contribution < 1.29 is 14.4 Å². The highest BCUT2D eigenvalue weighted by molar-refractivity contribution is 6.61. The third kappa shape index (κ3) is 2.68. The van der Waals surface area contributed by atoms with Gasteiger partial charge >= 0.3 is 7.12 Å². The summed E-state index contributed by atoms with van der Waals surface area (Å²) in [5.74, 6) is 0. The normalized spacial score (nSPS) is 20.8. The Labute approximate surface area is 115 Å². The van der Waals surface area contributed by atoms with Gasteiger partial charge in [0.15, 0.2) is 0 Å². The molecule has 0 aromatic carbocycles. The smallest absolute Gasteiger partial charge is 0.398 e. The van der Waals surface area contributed by atoms with Crippen LogP contribution in [0.1, 0.15) is 38.8 Å². The first kappa shape index (κ1) is 14.5. The van der Waals surface area contributed by atoms with Gasteiger partial charge in [0, 0.05) is 12.8 Å². The molecule has 0 saturated carbocycles. The van der Waals surface area contributed by atoms with Crippen LogP contribution >= 0.6 is 0 Å². The summed E-state index contributed by atoms with van der Waals surface area (Å²) in [4.78, 5) is 4.45. The Kier molecular flexibility index (Phi) is 3.73. The molecule has 1 aliphatic rings. The minimum Gasteiger partial charge on any atom is -0.398 e. The molecule has 1 N–H and O–H groups in total. The lowest BCUT2D eigenvalue weighted by molar-refractivity contribution is 0.00578. The van der Waals surface area contributed by atoms with E-state index in [4.69, 9.17) is 9.31 Å². The number of aromatic nitrogens is 1. The Hall–Kier alpha value is -0.905. The molecule has 0 radical (unpaired) electrons. The first-order chi connectivity index (χ1) is 8.77. The molecule has 0 spiro atoms. The molecule has 2 rings (SSSR count). The zero-order chi connectivity index (χ0) is 14.3. The molecular formula is C14H22BNO3. The maximum Gasteiger partial charge on any atom is 0.514 e. The summed E-state index contributed by atoms with van der Waals surface area (Å²) >= 11 is 0. The summed E-state index contributed by atoms with van der Waals surface area (Å²) in [6, 6.07) is 2.03. The Bertz CT molecular complexity index is 458. The Morgan fingerprint density at radius 1 is 1.21 bits per heavy atom. The van der Waals surface area contributed by atoms with Crippen molar-refractivity contribution >= 4 is 12.7 Å². The molecule has 19 heavy (non-hydrogen) atoms. The molecule has 0 unspecified atom stereocenters. The van der Waals surface area contributed by atoms with Crippen molar-refractivity contribution in [2.45, 2.75) is 52.2 Å². The van der Waals surface area contributed by atoms with Crippen LogP contribution in [0.5, 0.6) is 0 Å². The fourth-order valence-electron chi connectivity index (χ4n) is 2.13. The minimum atomic E-state index is -0.466. The number of aryl methyl sites for hydroxylation is 1. The first-order valence-electron chi connectivity index (χ1n) is 6.69. The minimum absolute atomic E-state index is 0.0949. The average Bonchev–Trinajstić information content (AvgIpc) is 2.48. The number of pyridine rings is 1. The van der Waals surface area contributed by atoms with Gasteiger partial charge in [-0.15, -0.1) is 0 Å². The second-order valence-electron chi connectivity index (χ2n) is 6.12. The summed E-state index contributed by atoms with van der Waals surface area (Å²) in [6.07, 6.45) is 2.37. The third-order valence-corrected chi connectivity index (χ3v) is 4.00. The van der Waals surface area contributed by atoms with Gasteiger partial charge in [0.2, 0.25) is 0 Å². The highest BCUT2D eigenvalue weighted by Gasteiger charge is 2.52. The lowest BCUT2D eigenvalue weighted by Crippen LogP contribution is -2.41. The highest BCUT2D eigenvalue weighted by atomic mass is 16.7. The fraction of sp³-hybridized carbons (Fsp3) is 0.643. The van der Waals surface area contributed by atoms with E-state index in [0.717, 1.165) is 16.7 Å². The van der Waals surface area contributed by atoms with Crippen LogP contribution in [0.2, 0.25) is 0 Å². The number of rotatable bonds is 3. The van der Waals surface area contributed by atoms with Crippen molar-refractivity contribution in [3.63, 3.8) is 0 Å². The maximum absolute atomic E-state index is 9.17. The van der Waals surface area contributed by atoms with Gasteiger partial charge in [-0.2, -0.15) is 0 Å². The molecule has 1 fully saturated rings. The lowest BCUT2D eigenvalue weighted by Gasteiger charge is -2.32. The Morgan fingerprint density at radius 2 is 1.79 bits per heavy atom. The topological polar surface area (TPSA) is 51.6 Å². The van der Waals surface area contributed by atoms with Crippen LogP contribution in [0.15, 0.2) is 12.3 Å². The molecule has 104 valence electrons. The van der Waals surface area contributed by atoms with Crippen LogP contribution in [-0.4, -0.2) is 35.0 Å². The Balaban J connectivity index is 2.34. The summed E-state index contributed by atoms with van der Waals surface area (Å²) in [5.41, 5.74) is 2.09. The molecule has 0 atom stereocenters. The van der Waals surface area contributed by atoms with Gasteiger partial charge in [0.05, 0.1) is 16.8 Å². The molecule has 0 bridgehead atoms. The van der Waals surface area contributed by atoms with Gasteiger partial charge in [0.1, 0.15) is 0 Å². The molecule has 1 aliphatic heterocycles. The number of hydrogen-bond donors (Lipinski definition) is 1. The van der Waals surface area contributed by atoms with E-state index in [2.05, 4.69) is 4.98 Å². The van der Waals surface area contributed by atoms with Crippen LogP contribution in [-0.2, 0) is 15.7 Å². The first-order valence-corrected chi connectivity index (χ1v) is 6.69. The van der Waals surface area contributed by atoms with E-state index in [9.17, 15) is 5.11 Å². The molecular weight excluding hydrogens is 241 g/mol. The molecule has 0 amide bonds. The molecule has 5 heteroatoms. The van der Waals surface area contributed by atoms with Crippen LogP contribution < -0.4 is 5.59 Å². The van der Waals surface area contributed by atoms with Crippen molar-refractivity contribution in [2.75, 3.05) is 6.61 Å². The van der Waals surface area contributed by atoms with Gasteiger partial charge in [-0.05, 0) is 52.2 Å². The summed E-state index contributed by atoms with van der Waals surface area (Å²) in [7, 11) is -0.466. The predicted molar refractivity (Wildman–Crippen MR) is 75.5 cm³/mol. The van der Waals surface area contributed by atoms with Crippen LogP contribution in [0, 0.1) is 6.92 Å². The van der Waals surface area contributed by atoms with Crippen LogP contribution in [0.3, 0.4) is 0 Å². The maximum atomic E-state index is 9.17. The van der Waals surface area contributed by atoms with Crippen molar-refractivity contribution in [2.24, 2.45) is 0 Å². The molecule has 1 saturated heterocycles. The van der Waals surface area contributed by atoms with Crippen LogP contribution in [0.25, 0.3) is 0 Å². The van der Waals surface area contributed by atoms with Crippen LogP contribution in [0.4, 0.5) is 0 Å². The molecule has 2 heterocycles. The van der Waals surface area contributed by atoms with E-state index in [1.54, 1.807) is 6.20 Å². The second kappa shape index (κ2) is 4.89. The molecule has 4 nitrogen and oxygen atoms in total. The van der Waals surface area contributed by atoms with E-state index in [1.165, 1.54) is 0 Å². The summed E-state index contributed by atoms with van der Waals surface area (Å²) < 4.78 is 12.0. The number of aliphatic hydroxyl groups excluding tert-OH is 1. The Morgan fingerprint density at radius 3 is 2.32 bits per heavy atom. The number of hydrogen-bond acceptors (Lipinski definition) is 4. The van der Waals surface area contributed by atoms with Gasteiger partial charge in [-0.25, -0.2) is 0 Å². The van der Waals surface area contributed by atoms with Gasteiger partial charge in [-0.1, -0.05) is 6.07 Å². The van der Waals surface area contributed by atoms with E-state index < -0.39 is 7.12 Å². The van der Waals surface area contributed by atoms with Crippen molar-refractivity contribution in [3.05, 3.63) is 23.4 Å². The highest BCUT2D eigenvalue weighted by Crippen LogP contribution is 2.36. The molecule has 1 aromatic heterocycles.